The van der Waals surface area contributed by atoms with Gasteiger partial charge in [0.05, 0.1) is 12.1 Å². The monoisotopic (exact) mass is 280 g/mol. The van der Waals surface area contributed by atoms with Gasteiger partial charge in [-0.25, -0.2) is 0 Å². The minimum atomic E-state index is 0.150. The van der Waals surface area contributed by atoms with E-state index in [9.17, 15) is 4.79 Å². The van der Waals surface area contributed by atoms with Crippen molar-refractivity contribution >= 4 is 17.9 Å². The summed E-state index contributed by atoms with van der Waals surface area (Å²) in [5.74, 6) is 0.923. The fourth-order valence-electron chi connectivity index (χ4n) is 3.20. The van der Waals surface area contributed by atoms with Gasteiger partial charge in [-0.05, 0) is 55.2 Å². The number of carbonyl (C=O) groups excluding carboxylic acids is 1. The average Bonchev–Trinajstić information content (AvgIpc) is 2.42. The van der Waals surface area contributed by atoms with Crippen molar-refractivity contribution in [1.82, 2.24) is 0 Å². The van der Waals surface area contributed by atoms with Crippen LogP contribution in [0.4, 0.5) is 0 Å². The second-order valence-corrected chi connectivity index (χ2v) is 5.73. The molecule has 0 saturated carbocycles. The minimum absolute atomic E-state index is 0.150. The van der Waals surface area contributed by atoms with E-state index in [1.165, 1.54) is 29.5 Å². The first-order valence-electron chi connectivity index (χ1n) is 6.93. The van der Waals surface area contributed by atoms with Crippen LogP contribution in [-0.4, -0.2) is 13.4 Å². The van der Waals surface area contributed by atoms with Crippen LogP contribution >= 0.6 is 11.6 Å². The van der Waals surface area contributed by atoms with Crippen LogP contribution in [0.25, 0.3) is 0 Å². The molecule has 0 heterocycles. The Morgan fingerprint density at radius 3 is 2.53 bits per heavy atom. The summed E-state index contributed by atoms with van der Waals surface area (Å²) < 4.78 is 5.54. The van der Waals surface area contributed by atoms with Crippen molar-refractivity contribution in [2.24, 2.45) is 0 Å². The molecule has 0 amide bonds. The normalized spacial score (nSPS) is 15.8. The highest BCUT2D eigenvalue weighted by atomic mass is 35.5. The fraction of sp³-hybridized carbons (Fsp3) is 0.562. The molecule has 0 spiro atoms. The van der Waals surface area contributed by atoms with E-state index >= 15 is 0 Å². The van der Waals surface area contributed by atoms with E-state index in [0.717, 1.165) is 35.5 Å². The quantitative estimate of drug-likeness (QED) is 0.772. The molecule has 1 aliphatic carbocycles. The summed E-state index contributed by atoms with van der Waals surface area (Å²) in [5.41, 5.74) is 5.01. The first-order valence-corrected chi connectivity index (χ1v) is 7.30. The lowest BCUT2D eigenvalue weighted by molar-refractivity contribution is -0.108. The zero-order valence-corrected chi connectivity index (χ0v) is 12.6. The lowest BCUT2D eigenvalue weighted by Crippen LogP contribution is -2.12. The van der Waals surface area contributed by atoms with Crippen LogP contribution in [-0.2, 0) is 17.6 Å². The first kappa shape index (κ1) is 14.4. The molecule has 0 radical (unpaired) electrons. The van der Waals surface area contributed by atoms with Gasteiger partial charge in [0.25, 0.3) is 0 Å². The van der Waals surface area contributed by atoms with E-state index in [2.05, 4.69) is 13.8 Å². The Morgan fingerprint density at radius 2 is 1.95 bits per heavy atom. The first-order chi connectivity index (χ1) is 9.11. The van der Waals surface area contributed by atoms with Crippen molar-refractivity contribution in [2.45, 2.75) is 51.9 Å². The lowest BCUT2D eigenvalue weighted by atomic mass is 9.82. The van der Waals surface area contributed by atoms with Gasteiger partial charge < -0.3 is 9.53 Å². The molecule has 0 aromatic heterocycles. The molecule has 0 N–H and O–H groups in total. The summed E-state index contributed by atoms with van der Waals surface area (Å²) >= 11 is 6.53. The van der Waals surface area contributed by atoms with Gasteiger partial charge in [-0.3, -0.25) is 0 Å². The van der Waals surface area contributed by atoms with Crippen LogP contribution in [0.15, 0.2) is 0 Å². The number of aldehydes is 1. The Bertz CT molecular complexity index is 494. The van der Waals surface area contributed by atoms with E-state index < -0.39 is 0 Å². The molecular formula is C16H21ClO2. The second kappa shape index (κ2) is 5.96. The number of hydrogen-bond donors (Lipinski definition) is 0. The Labute approximate surface area is 120 Å². The van der Waals surface area contributed by atoms with Gasteiger partial charge in [0, 0.05) is 12.0 Å². The van der Waals surface area contributed by atoms with Gasteiger partial charge in [-0.2, -0.15) is 0 Å². The maximum atomic E-state index is 10.8. The lowest BCUT2D eigenvalue weighted by Gasteiger charge is -2.26. The highest BCUT2D eigenvalue weighted by Crippen LogP contribution is 2.44. The number of halogens is 1. The molecule has 2 nitrogen and oxygen atoms in total. The Balaban J connectivity index is 2.64. The molecule has 104 valence electrons. The average molecular weight is 281 g/mol. The molecule has 3 heteroatoms. The van der Waals surface area contributed by atoms with Gasteiger partial charge >= 0.3 is 0 Å². The summed E-state index contributed by atoms with van der Waals surface area (Å²) in [6.07, 6.45) is 6.01. The van der Waals surface area contributed by atoms with Crippen molar-refractivity contribution in [3.63, 3.8) is 0 Å². The van der Waals surface area contributed by atoms with Crippen LogP contribution in [0.3, 0.4) is 0 Å². The SMILES string of the molecule is COc1c(Cl)c2c(c(C)c1C(C)CC=O)CCCC2. The number of carbonyl (C=O) groups is 1. The number of hydrogen-bond acceptors (Lipinski definition) is 2. The van der Waals surface area contributed by atoms with Gasteiger partial charge in [0.2, 0.25) is 0 Å². The summed E-state index contributed by atoms with van der Waals surface area (Å²) in [5, 5.41) is 0.760. The van der Waals surface area contributed by atoms with Crippen molar-refractivity contribution in [2.75, 3.05) is 7.11 Å². The zero-order valence-electron chi connectivity index (χ0n) is 11.9. The van der Waals surface area contributed by atoms with Gasteiger partial charge in [-0.15, -0.1) is 0 Å². The third-order valence-corrected chi connectivity index (χ3v) is 4.58. The predicted octanol–water partition coefficient (Wildman–Crippen LogP) is 4.23. The fourth-order valence-corrected chi connectivity index (χ4v) is 3.59. The molecule has 19 heavy (non-hydrogen) atoms. The molecule has 1 aromatic carbocycles. The standard InChI is InChI=1S/C16H21ClO2/c1-10(8-9-18)14-11(2)12-6-4-5-7-13(12)15(17)16(14)19-3/h9-10H,4-8H2,1-3H3. The highest BCUT2D eigenvalue weighted by molar-refractivity contribution is 6.33. The highest BCUT2D eigenvalue weighted by Gasteiger charge is 2.25. The van der Waals surface area contributed by atoms with E-state index in [1.54, 1.807) is 7.11 Å². The molecule has 1 aromatic rings. The molecule has 1 atom stereocenters. The van der Waals surface area contributed by atoms with Crippen molar-refractivity contribution in [3.8, 4) is 5.75 Å². The maximum absolute atomic E-state index is 10.8. The van der Waals surface area contributed by atoms with Crippen molar-refractivity contribution in [1.29, 1.82) is 0 Å². The molecule has 2 rings (SSSR count). The number of benzene rings is 1. The van der Waals surface area contributed by atoms with Crippen LogP contribution in [0, 0.1) is 6.92 Å². The van der Waals surface area contributed by atoms with E-state index in [4.69, 9.17) is 16.3 Å². The topological polar surface area (TPSA) is 26.3 Å². The third kappa shape index (κ3) is 2.51. The van der Waals surface area contributed by atoms with Crippen LogP contribution < -0.4 is 4.74 Å². The summed E-state index contributed by atoms with van der Waals surface area (Å²) in [7, 11) is 1.66. The molecule has 1 unspecified atom stereocenters. The van der Waals surface area contributed by atoms with E-state index in [-0.39, 0.29) is 5.92 Å². The van der Waals surface area contributed by atoms with Gasteiger partial charge in [-0.1, -0.05) is 18.5 Å². The molecule has 0 aliphatic heterocycles. The van der Waals surface area contributed by atoms with Crippen molar-refractivity contribution < 1.29 is 9.53 Å². The Kier molecular flexibility index (Phi) is 4.51. The number of methoxy groups -OCH3 is 1. The molecule has 1 aliphatic rings. The number of fused-ring (bicyclic) bond motifs is 1. The Morgan fingerprint density at radius 1 is 1.32 bits per heavy atom. The number of rotatable bonds is 4. The molecule has 0 fully saturated rings. The van der Waals surface area contributed by atoms with Gasteiger partial charge in [0.15, 0.2) is 0 Å². The second-order valence-electron chi connectivity index (χ2n) is 5.35. The van der Waals surface area contributed by atoms with Gasteiger partial charge in [0.1, 0.15) is 12.0 Å². The predicted molar refractivity (Wildman–Crippen MR) is 78.5 cm³/mol. The van der Waals surface area contributed by atoms with E-state index in [1.807, 2.05) is 0 Å². The summed E-state index contributed by atoms with van der Waals surface area (Å²) in [4.78, 5) is 10.8. The maximum Gasteiger partial charge on any atom is 0.141 e. The van der Waals surface area contributed by atoms with Crippen LogP contribution in [0.2, 0.25) is 5.02 Å². The third-order valence-electron chi connectivity index (χ3n) is 4.18. The Hall–Kier alpha value is -1.02. The van der Waals surface area contributed by atoms with Crippen LogP contribution in [0.1, 0.15) is 54.4 Å². The van der Waals surface area contributed by atoms with E-state index in [0.29, 0.717) is 6.42 Å². The smallest absolute Gasteiger partial charge is 0.141 e. The van der Waals surface area contributed by atoms with Crippen molar-refractivity contribution in [3.05, 3.63) is 27.3 Å². The van der Waals surface area contributed by atoms with Crippen LogP contribution in [0.5, 0.6) is 5.75 Å². The molecule has 0 bridgehead atoms. The molecular weight excluding hydrogens is 260 g/mol. The number of ether oxygens (including phenoxy) is 1. The largest absolute Gasteiger partial charge is 0.495 e. The summed E-state index contributed by atoms with van der Waals surface area (Å²) in [6.45, 7) is 4.20. The minimum Gasteiger partial charge on any atom is -0.495 e. The zero-order chi connectivity index (χ0) is 14.0. The summed E-state index contributed by atoms with van der Waals surface area (Å²) in [6, 6.07) is 0. The molecule has 0 saturated heterocycles.